The van der Waals surface area contributed by atoms with E-state index in [2.05, 4.69) is 36.6 Å². The summed E-state index contributed by atoms with van der Waals surface area (Å²) >= 11 is 0. The van der Waals surface area contributed by atoms with Crippen molar-refractivity contribution in [3.8, 4) is 11.5 Å². The van der Waals surface area contributed by atoms with Gasteiger partial charge in [-0.15, -0.1) is 0 Å². The van der Waals surface area contributed by atoms with Crippen LogP contribution in [0.4, 0.5) is 0 Å². The SMILES string of the molecule is CCCNCCCOc1ccc2oc3ccc(OCCCNCCC)cc3c2c1. The van der Waals surface area contributed by atoms with E-state index in [1.165, 1.54) is 0 Å². The summed E-state index contributed by atoms with van der Waals surface area (Å²) in [5.41, 5.74) is 1.75. The molecule has 3 rings (SSSR count). The third-order valence-corrected chi connectivity index (χ3v) is 4.80. The fraction of sp³-hybridized carbons (Fsp3) is 0.500. The molecular weight excluding hydrogens is 364 g/mol. The van der Waals surface area contributed by atoms with Gasteiger partial charge in [0.1, 0.15) is 22.7 Å². The highest BCUT2D eigenvalue weighted by atomic mass is 16.5. The number of furan rings is 1. The van der Waals surface area contributed by atoms with Gasteiger partial charge in [-0.1, -0.05) is 13.8 Å². The number of fused-ring (bicyclic) bond motifs is 3. The maximum absolute atomic E-state index is 5.97. The van der Waals surface area contributed by atoms with Crippen LogP contribution >= 0.6 is 0 Å². The topological polar surface area (TPSA) is 55.7 Å². The smallest absolute Gasteiger partial charge is 0.135 e. The van der Waals surface area contributed by atoms with Crippen LogP contribution in [0.25, 0.3) is 21.9 Å². The van der Waals surface area contributed by atoms with Gasteiger partial charge in [0.25, 0.3) is 0 Å². The second kappa shape index (κ2) is 11.7. The van der Waals surface area contributed by atoms with Crippen molar-refractivity contribution in [2.75, 3.05) is 39.4 Å². The number of nitrogens with one attached hydrogen (secondary N) is 2. The predicted molar refractivity (Wildman–Crippen MR) is 120 cm³/mol. The molecule has 0 atom stereocenters. The van der Waals surface area contributed by atoms with E-state index < -0.39 is 0 Å². The maximum Gasteiger partial charge on any atom is 0.135 e. The van der Waals surface area contributed by atoms with E-state index in [4.69, 9.17) is 13.9 Å². The molecule has 1 aromatic heterocycles. The first-order valence-electron chi connectivity index (χ1n) is 10.9. The molecule has 0 saturated heterocycles. The summed E-state index contributed by atoms with van der Waals surface area (Å²) in [6.45, 7) is 9.86. The van der Waals surface area contributed by atoms with Crippen LogP contribution in [0.2, 0.25) is 0 Å². The molecule has 2 N–H and O–H groups in total. The van der Waals surface area contributed by atoms with Gasteiger partial charge in [-0.2, -0.15) is 0 Å². The van der Waals surface area contributed by atoms with E-state index in [0.29, 0.717) is 13.2 Å². The van der Waals surface area contributed by atoms with Gasteiger partial charge in [-0.05, 0) is 88.3 Å². The lowest BCUT2D eigenvalue weighted by atomic mass is 10.1. The third-order valence-electron chi connectivity index (χ3n) is 4.80. The van der Waals surface area contributed by atoms with Gasteiger partial charge in [-0.3, -0.25) is 0 Å². The van der Waals surface area contributed by atoms with Gasteiger partial charge < -0.3 is 24.5 Å². The van der Waals surface area contributed by atoms with Crippen LogP contribution in [-0.2, 0) is 0 Å². The van der Waals surface area contributed by atoms with Gasteiger partial charge in [0.2, 0.25) is 0 Å². The molecule has 0 radical (unpaired) electrons. The molecule has 5 nitrogen and oxygen atoms in total. The number of ether oxygens (including phenoxy) is 2. The first-order valence-corrected chi connectivity index (χ1v) is 10.9. The number of hydrogen-bond acceptors (Lipinski definition) is 5. The molecule has 0 aliphatic rings. The molecule has 0 spiro atoms. The molecule has 29 heavy (non-hydrogen) atoms. The Morgan fingerprint density at radius 1 is 0.690 bits per heavy atom. The quantitative estimate of drug-likeness (QED) is 0.369. The van der Waals surface area contributed by atoms with Crippen LogP contribution in [0.15, 0.2) is 40.8 Å². The van der Waals surface area contributed by atoms with Gasteiger partial charge in [0.05, 0.1) is 13.2 Å². The minimum absolute atomic E-state index is 0.707. The summed E-state index contributed by atoms with van der Waals surface area (Å²) in [6, 6.07) is 12.1. The van der Waals surface area contributed by atoms with E-state index in [-0.39, 0.29) is 0 Å². The van der Waals surface area contributed by atoms with Crippen LogP contribution in [0, 0.1) is 0 Å². The highest BCUT2D eigenvalue weighted by Gasteiger charge is 2.09. The van der Waals surface area contributed by atoms with E-state index in [1.807, 2.05) is 24.3 Å². The van der Waals surface area contributed by atoms with Crippen LogP contribution in [0.1, 0.15) is 39.5 Å². The molecular formula is C24H34N2O3. The summed E-state index contributed by atoms with van der Waals surface area (Å²) in [5, 5.41) is 8.92. The van der Waals surface area contributed by atoms with Gasteiger partial charge >= 0.3 is 0 Å². The van der Waals surface area contributed by atoms with E-state index in [9.17, 15) is 0 Å². The summed E-state index contributed by atoms with van der Waals surface area (Å²) < 4.78 is 17.8. The molecule has 1 heterocycles. The third kappa shape index (κ3) is 6.38. The van der Waals surface area contributed by atoms with E-state index in [0.717, 1.165) is 85.3 Å². The molecule has 0 fully saturated rings. The Bertz CT molecular complexity index is 805. The predicted octanol–water partition coefficient (Wildman–Crippen LogP) is 5.12. The van der Waals surface area contributed by atoms with Crippen LogP contribution < -0.4 is 20.1 Å². The largest absolute Gasteiger partial charge is 0.494 e. The Hall–Kier alpha value is -2.24. The molecule has 0 unspecified atom stereocenters. The Balaban J connectivity index is 1.60. The second-order valence-electron chi connectivity index (χ2n) is 7.32. The lowest BCUT2D eigenvalue weighted by Crippen LogP contribution is -2.18. The highest BCUT2D eigenvalue weighted by Crippen LogP contribution is 2.33. The van der Waals surface area contributed by atoms with Crippen LogP contribution in [0.3, 0.4) is 0 Å². The van der Waals surface area contributed by atoms with Crippen LogP contribution in [-0.4, -0.2) is 39.4 Å². The Morgan fingerprint density at radius 3 is 1.62 bits per heavy atom. The summed E-state index contributed by atoms with van der Waals surface area (Å²) in [5.74, 6) is 1.76. The molecule has 2 aromatic carbocycles. The minimum Gasteiger partial charge on any atom is -0.494 e. The summed E-state index contributed by atoms with van der Waals surface area (Å²) in [4.78, 5) is 0. The molecule has 0 aliphatic carbocycles. The molecule has 158 valence electrons. The fourth-order valence-electron chi connectivity index (χ4n) is 3.29. The normalized spacial score (nSPS) is 11.4. The van der Waals surface area contributed by atoms with E-state index >= 15 is 0 Å². The molecule has 3 aromatic rings. The standard InChI is InChI=1S/C24H34N2O3/c1-3-11-25-13-5-15-27-19-7-9-23-21(17-19)22-18-20(8-10-24(22)29-23)28-16-6-14-26-12-4-2/h7-10,17-18,25-26H,3-6,11-16H2,1-2H3. The minimum atomic E-state index is 0.707. The van der Waals surface area contributed by atoms with Crippen molar-refractivity contribution in [1.82, 2.24) is 10.6 Å². The van der Waals surface area contributed by atoms with Gasteiger partial charge in [0.15, 0.2) is 0 Å². The number of benzene rings is 2. The summed E-state index contributed by atoms with van der Waals surface area (Å²) in [7, 11) is 0. The van der Waals surface area contributed by atoms with Gasteiger partial charge in [-0.25, -0.2) is 0 Å². The monoisotopic (exact) mass is 398 g/mol. The van der Waals surface area contributed by atoms with Crippen molar-refractivity contribution in [2.24, 2.45) is 0 Å². The molecule has 5 heteroatoms. The van der Waals surface area contributed by atoms with Crippen molar-refractivity contribution < 1.29 is 13.9 Å². The Labute approximate surface area is 173 Å². The van der Waals surface area contributed by atoms with Crippen molar-refractivity contribution in [3.05, 3.63) is 36.4 Å². The molecule has 0 bridgehead atoms. The molecule has 0 saturated carbocycles. The maximum atomic E-state index is 5.97. The van der Waals surface area contributed by atoms with Crippen molar-refractivity contribution >= 4 is 21.9 Å². The highest BCUT2D eigenvalue weighted by molar-refractivity contribution is 6.05. The van der Waals surface area contributed by atoms with Crippen molar-refractivity contribution in [3.63, 3.8) is 0 Å². The average Bonchev–Trinajstić information content (AvgIpc) is 3.10. The lowest BCUT2D eigenvalue weighted by molar-refractivity contribution is 0.308. The fourth-order valence-corrected chi connectivity index (χ4v) is 3.29. The number of rotatable bonds is 14. The number of hydrogen-bond donors (Lipinski definition) is 2. The zero-order valence-corrected chi connectivity index (χ0v) is 17.8. The molecule has 0 amide bonds. The Kier molecular flexibility index (Phi) is 8.65. The van der Waals surface area contributed by atoms with Crippen LogP contribution in [0.5, 0.6) is 11.5 Å². The summed E-state index contributed by atoms with van der Waals surface area (Å²) in [6.07, 6.45) is 4.31. The van der Waals surface area contributed by atoms with E-state index in [1.54, 1.807) is 0 Å². The van der Waals surface area contributed by atoms with Crippen molar-refractivity contribution in [2.45, 2.75) is 39.5 Å². The zero-order valence-electron chi connectivity index (χ0n) is 17.8. The second-order valence-corrected chi connectivity index (χ2v) is 7.32. The Morgan fingerprint density at radius 2 is 1.17 bits per heavy atom. The average molecular weight is 399 g/mol. The van der Waals surface area contributed by atoms with Gasteiger partial charge in [0, 0.05) is 10.8 Å². The first-order chi connectivity index (χ1) is 14.3. The zero-order chi connectivity index (χ0) is 20.3. The first kappa shape index (κ1) is 21.5. The molecule has 0 aliphatic heterocycles. The van der Waals surface area contributed by atoms with Crippen molar-refractivity contribution in [1.29, 1.82) is 0 Å². The lowest BCUT2D eigenvalue weighted by Gasteiger charge is -2.07.